The maximum absolute atomic E-state index is 13.1. The molecule has 0 N–H and O–H groups in total. The molecule has 8 heteroatoms. The van der Waals surface area contributed by atoms with Crippen LogP contribution in [0, 0.1) is 11.8 Å². The molecule has 1 aliphatic carbocycles. The molecule has 5 rings (SSSR count). The summed E-state index contributed by atoms with van der Waals surface area (Å²) in [5, 5.41) is 0. The van der Waals surface area contributed by atoms with E-state index in [2.05, 4.69) is 0 Å². The molecule has 1 amide bonds. The van der Waals surface area contributed by atoms with Crippen LogP contribution in [0.15, 0.2) is 23.1 Å². The van der Waals surface area contributed by atoms with E-state index in [1.807, 2.05) is 17.0 Å². The zero-order chi connectivity index (χ0) is 21.4. The highest BCUT2D eigenvalue weighted by Crippen LogP contribution is 2.31. The summed E-state index contributed by atoms with van der Waals surface area (Å²) >= 11 is 0. The summed E-state index contributed by atoms with van der Waals surface area (Å²) in [5.74, 6) is 0.467. The fraction of sp³-hybridized carbons (Fsp3) is 0.696. The van der Waals surface area contributed by atoms with Gasteiger partial charge < -0.3 is 14.4 Å². The Balaban J connectivity index is 1.15. The SMILES string of the molecule is O=C(C1CCN(S(=O)(=O)c2ccc3c(c2)CCC3)CC1)N1CCC(C2OCCO2)CC1. The fourth-order valence-corrected chi connectivity index (χ4v) is 7.02. The van der Waals surface area contributed by atoms with Crippen molar-refractivity contribution in [2.45, 2.75) is 56.1 Å². The van der Waals surface area contributed by atoms with Crippen molar-refractivity contribution in [3.63, 3.8) is 0 Å². The number of benzene rings is 1. The van der Waals surface area contributed by atoms with Gasteiger partial charge in [0, 0.05) is 38.0 Å². The van der Waals surface area contributed by atoms with Crippen LogP contribution in [0.4, 0.5) is 0 Å². The molecular formula is C23H32N2O5S. The number of sulfonamides is 1. The molecule has 0 radical (unpaired) electrons. The maximum Gasteiger partial charge on any atom is 0.243 e. The number of piperidine rings is 2. The lowest BCUT2D eigenvalue weighted by Crippen LogP contribution is -2.47. The largest absolute Gasteiger partial charge is 0.350 e. The lowest BCUT2D eigenvalue weighted by Gasteiger charge is -2.37. The molecular weight excluding hydrogens is 416 g/mol. The Morgan fingerprint density at radius 1 is 0.903 bits per heavy atom. The average Bonchev–Trinajstić information content (AvgIpc) is 3.50. The monoisotopic (exact) mass is 448 g/mol. The van der Waals surface area contributed by atoms with Gasteiger partial charge >= 0.3 is 0 Å². The highest BCUT2D eigenvalue weighted by molar-refractivity contribution is 7.89. The second-order valence-corrected chi connectivity index (χ2v) is 11.2. The number of nitrogens with zero attached hydrogens (tertiary/aromatic N) is 2. The molecule has 3 aliphatic heterocycles. The van der Waals surface area contributed by atoms with Crippen LogP contribution in [0.25, 0.3) is 0 Å². The van der Waals surface area contributed by atoms with Crippen molar-refractivity contribution in [1.29, 1.82) is 0 Å². The summed E-state index contributed by atoms with van der Waals surface area (Å²) in [6.07, 6.45) is 6.00. The predicted molar refractivity (Wildman–Crippen MR) is 115 cm³/mol. The van der Waals surface area contributed by atoms with Gasteiger partial charge in [-0.25, -0.2) is 8.42 Å². The summed E-state index contributed by atoms with van der Waals surface area (Å²) in [5.41, 5.74) is 2.45. The quantitative estimate of drug-likeness (QED) is 0.706. The van der Waals surface area contributed by atoms with Crippen LogP contribution < -0.4 is 0 Å². The minimum atomic E-state index is -3.49. The van der Waals surface area contributed by atoms with E-state index in [1.165, 1.54) is 11.1 Å². The molecule has 0 unspecified atom stereocenters. The van der Waals surface area contributed by atoms with Gasteiger partial charge in [0.15, 0.2) is 6.29 Å². The average molecular weight is 449 g/mol. The van der Waals surface area contributed by atoms with E-state index in [9.17, 15) is 13.2 Å². The number of hydrogen-bond acceptors (Lipinski definition) is 5. The second-order valence-electron chi connectivity index (χ2n) is 9.24. The first kappa shape index (κ1) is 21.4. The topological polar surface area (TPSA) is 76.2 Å². The Hall–Kier alpha value is -1.48. The third-order valence-corrected chi connectivity index (χ3v) is 9.29. The van der Waals surface area contributed by atoms with Gasteiger partial charge in [-0.3, -0.25) is 4.79 Å². The van der Waals surface area contributed by atoms with E-state index in [0.717, 1.165) is 45.2 Å². The van der Waals surface area contributed by atoms with Crippen molar-refractivity contribution in [1.82, 2.24) is 9.21 Å². The van der Waals surface area contributed by atoms with Crippen molar-refractivity contribution < 1.29 is 22.7 Å². The number of rotatable bonds is 4. The van der Waals surface area contributed by atoms with Crippen LogP contribution in [0.2, 0.25) is 0 Å². The van der Waals surface area contributed by atoms with E-state index in [4.69, 9.17) is 9.47 Å². The summed E-state index contributed by atoms with van der Waals surface area (Å²) in [7, 11) is -3.49. The molecule has 0 atom stereocenters. The summed E-state index contributed by atoms with van der Waals surface area (Å²) in [4.78, 5) is 15.4. The van der Waals surface area contributed by atoms with Crippen molar-refractivity contribution >= 4 is 15.9 Å². The molecule has 0 aromatic heterocycles. The first-order valence-electron chi connectivity index (χ1n) is 11.7. The van der Waals surface area contributed by atoms with Crippen LogP contribution >= 0.6 is 0 Å². The predicted octanol–water partition coefficient (Wildman–Crippen LogP) is 2.19. The van der Waals surface area contributed by atoms with Crippen LogP contribution in [0.1, 0.15) is 43.2 Å². The molecule has 170 valence electrons. The molecule has 0 spiro atoms. The van der Waals surface area contributed by atoms with Crippen molar-refractivity contribution in [3.8, 4) is 0 Å². The second kappa shape index (κ2) is 8.81. The third kappa shape index (κ3) is 4.27. The Morgan fingerprint density at radius 3 is 2.29 bits per heavy atom. The van der Waals surface area contributed by atoms with Crippen LogP contribution in [0.5, 0.6) is 0 Å². The van der Waals surface area contributed by atoms with Gasteiger partial charge in [0.05, 0.1) is 18.1 Å². The van der Waals surface area contributed by atoms with Crippen molar-refractivity contribution in [3.05, 3.63) is 29.3 Å². The van der Waals surface area contributed by atoms with E-state index in [0.29, 0.717) is 50.0 Å². The molecule has 3 heterocycles. The number of fused-ring (bicyclic) bond motifs is 1. The maximum atomic E-state index is 13.1. The minimum absolute atomic E-state index is 0.0815. The highest BCUT2D eigenvalue weighted by Gasteiger charge is 2.37. The van der Waals surface area contributed by atoms with Crippen LogP contribution in [-0.4, -0.2) is 69.2 Å². The van der Waals surface area contributed by atoms with Gasteiger partial charge in [0.25, 0.3) is 0 Å². The van der Waals surface area contributed by atoms with Gasteiger partial charge in [-0.05, 0) is 68.2 Å². The van der Waals surface area contributed by atoms with Gasteiger partial charge in [-0.1, -0.05) is 6.07 Å². The Kier molecular flexibility index (Phi) is 6.07. The Bertz CT molecular complexity index is 912. The number of likely N-dealkylation sites (tertiary alicyclic amines) is 1. The number of carbonyl (C=O) groups is 1. The number of ether oxygens (including phenoxy) is 2. The first-order valence-corrected chi connectivity index (χ1v) is 13.1. The molecule has 0 saturated carbocycles. The molecule has 3 saturated heterocycles. The van der Waals surface area contributed by atoms with Gasteiger partial charge in [-0.15, -0.1) is 0 Å². The smallest absolute Gasteiger partial charge is 0.243 e. The van der Waals surface area contributed by atoms with Crippen molar-refractivity contribution in [2.75, 3.05) is 39.4 Å². The van der Waals surface area contributed by atoms with Gasteiger partial charge in [0.2, 0.25) is 15.9 Å². The third-order valence-electron chi connectivity index (χ3n) is 7.39. The molecule has 3 fully saturated rings. The molecule has 7 nitrogen and oxygen atoms in total. The van der Waals surface area contributed by atoms with E-state index < -0.39 is 10.0 Å². The molecule has 1 aromatic carbocycles. The van der Waals surface area contributed by atoms with E-state index >= 15 is 0 Å². The number of aryl methyl sites for hydroxylation is 2. The Labute approximate surface area is 184 Å². The molecule has 0 bridgehead atoms. The number of hydrogen-bond donors (Lipinski definition) is 0. The van der Waals surface area contributed by atoms with E-state index in [1.54, 1.807) is 10.4 Å². The minimum Gasteiger partial charge on any atom is -0.350 e. The Morgan fingerprint density at radius 2 is 1.58 bits per heavy atom. The zero-order valence-electron chi connectivity index (χ0n) is 18.0. The number of amides is 1. The van der Waals surface area contributed by atoms with Crippen LogP contribution in [-0.2, 0) is 37.1 Å². The van der Waals surface area contributed by atoms with E-state index in [-0.39, 0.29) is 18.1 Å². The summed E-state index contributed by atoms with van der Waals surface area (Å²) < 4.78 is 39.1. The number of carbonyl (C=O) groups excluding carboxylic acids is 1. The van der Waals surface area contributed by atoms with Gasteiger partial charge in [0.1, 0.15) is 0 Å². The molecule has 4 aliphatic rings. The molecule has 1 aromatic rings. The van der Waals surface area contributed by atoms with Crippen LogP contribution in [0.3, 0.4) is 0 Å². The normalized spacial score (nSPS) is 24.6. The lowest BCUT2D eigenvalue weighted by molar-refractivity contribution is -0.142. The highest BCUT2D eigenvalue weighted by atomic mass is 32.2. The lowest BCUT2D eigenvalue weighted by atomic mass is 9.92. The standard InChI is InChI=1S/C23H32N2O5S/c26-22(24-10-6-19(7-11-24)23-29-14-15-30-23)18-8-12-25(13-9-18)31(27,28)21-5-4-17-2-1-3-20(17)16-21/h4-5,16,18-19,23H,1-3,6-15H2. The van der Waals surface area contributed by atoms with Gasteiger partial charge in [-0.2, -0.15) is 4.31 Å². The van der Waals surface area contributed by atoms with Crippen molar-refractivity contribution in [2.24, 2.45) is 11.8 Å². The molecule has 31 heavy (non-hydrogen) atoms. The summed E-state index contributed by atoms with van der Waals surface area (Å²) in [6.45, 7) is 3.63. The fourth-order valence-electron chi connectivity index (χ4n) is 5.50. The summed E-state index contributed by atoms with van der Waals surface area (Å²) in [6, 6.07) is 5.58. The zero-order valence-corrected chi connectivity index (χ0v) is 18.8. The first-order chi connectivity index (χ1) is 15.0.